The highest BCUT2D eigenvalue weighted by Crippen LogP contribution is 2.28. The van der Waals surface area contributed by atoms with Crippen LogP contribution in [0.4, 0.5) is 0 Å². The Balaban J connectivity index is 2.27. The molecule has 0 fully saturated rings. The highest BCUT2D eigenvalue weighted by atomic mass is 27.2. The van der Waals surface area contributed by atoms with Gasteiger partial charge >= 0.3 is 14.8 Å². The largest absolute Gasteiger partial charge is 0.857 e. The number of hydrogen-bond donors (Lipinski definition) is 0. The van der Waals surface area contributed by atoms with Gasteiger partial charge in [0.25, 0.3) is 0 Å². The highest BCUT2D eigenvalue weighted by molar-refractivity contribution is 6.46. The summed E-state index contributed by atoms with van der Waals surface area (Å²) < 4.78 is 12.8. The molecule has 0 saturated carbocycles. The average molecular weight is 326 g/mol. The lowest BCUT2D eigenvalue weighted by Gasteiger charge is -2.22. The van der Waals surface area contributed by atoms with Crippen LogP contribution < -0.4 is 7.58 Å². The zero-order chi connectivity index (χ0) is 17.0. The molecule has 0 spiro atoms. The molecular weight excluding hydrogens is 299 g/mol. The zero-order valence-corrected chi connectivity index (χ0v) is 16.3. The molecule has 0 N–H and O–H groups in total. The number of benzene rings is 2. The molecule has 0 atom stereocenters. The SMILES string of the molecule is Cc1cccc(C)c1[O][Al]([CH2]C(C)C)[O]c1c(C)cccc1C. The molecule has 0 aliphatic carbocycles. The van der Waals surface area contributed by atoms with E-state index in [2.05, 4.69) is 77.9 Å². The first-order valence-corrected chi connectivity index (χ1v) is 10.1. The molecular formula is C20H27AlO2. The quantitative estimate of drug-likeness (QED) is 0.651. The van der Waals surface area contributed by atoms with Gasteiger partial charge in [0, 0.05) is 0 Å². The second-order valence-electron chi connectivity index (χ2n) is 6.74. The molecule has 0 bridgehead atoms. The van der Waals surface area contributed by atoms with Gasteiger partial charge in [-0.2, -0.15) is 0 Å². The summed E-state index contributed by atoms with van der Waals surface area (Å²) in [5.74, 6) is 2.55. The Kier molecular flexibility index (Phi) is 6.16. The van der Waals surface area contributed by atoms with E-state index in [4.69, 9.17) is 7.58 Å². The van der Waals surface area contributed by atoms with Crippen molar-refractivity contribution >= 4 is 14.8 Å². The van der Waals surface area contributed by atoms with Gasteiger partial charge in [0.15, 0.2) is 0 Å². The van der Waals surface area contributed by atoms with Crippen molar-refractivity contribution in [3.05, 3.63) is 58.7 Å². The second kappa shape index (κ2) is 7.91. The topological polar surface area (TPSA) is 18.5 Å². The number of para-hydroxylation sites is 2. The van der Waals surface area contributed by atoms with Crippen molar-refractivity contribution in [2.75, 3.05) is 0 Å². The Hall–Kier alpha value is -1.43. The Morgan fingerprint density at radius 1 is 0.739 bits per heavy atom. The zero-order valence-electron chi connectivity index (χ0n) is 15.1. The summed E-state index contributed by atoms with van der Waals surface area (Å²) in [5, 5.41) is 0.988. The molecule has 0 radical (unpaired) electrons. The van der Waals surface area contributed by atoms with Crippen LogP contribution in [0.3, 0.4) is 0 Å². The minimum absolute atomic E-state index is 0.556. The summed E-state index contributed by atoms with van der Waals surface area (Å²) in [6, 6.07) is 12.5. The molecule has 0 aromatic heterocycles. The van der Waals surface area contributed by atoms with Gasteiger partial charge in [-0.3, -0.25) is 0 Å². The third-order valence-electron chi connectivity index (χ3n) is 3.98. The maximum absolute atomic E-state index is 6.42. The summed E-state index contributed by atoms with van der Waals surface area (Å²) in [6.45, 7) is 12.8. The smallest absolute Gasteiger partial charge is 0.611 e. The van der Waals surface area contributed by atoms with Crippen LogP contribution in [0, 0.1) is 33.6 Å². The van der Waals surface area contributed by atoms with Crippen LogP contribution in [-0.4, -0.2) is 14.8 Å². The molecule has 122 valence electrons. The highest BCUT2D eigenvalue weighted by Gasteiger charge is 2.35. The molecule has 0 aliphatic heterocycles. The Morgan fingerprint density at radius 3 is 1.39 bits per heavy atom. The van der Waals surface area contributed by atoms with Crippen LogP contribution in [0.15, 0.2) is 36.4 Å². The Labute approximate surface area is 145 Å². The van der Waals surface area contributed by atoms with E-state index in [0.717, 1.165) is 16.8 Å². The number of hydrogen-bond acceptors (Lipinski definition) is 2. The van der Waals surface area contributed by atoms with Crippen LogP contribution in [0.1, 0.15) is 36.1 Å². The van der Waals surface area contributed by atoms with Gasteiger partial charge in [0.2, 0.25) is 0 Å². The van der Waals surface area contributed by atoms with Crippen molar-refractivity contribution in [1.82, 2.24) is 0 Å². The molecule has 2 rings (SSSR count). The van der Waals surface area contributed by atoms with E-state index >= 15 is 0 Å². The normalized spacial score (nSPS) is 10.7. The van der Waals surface area contributed by atoms with E-state index < -0.39 is 14.8 Å². The van der Waals surface area contributed by atoms with E-state index in [0.29, 0.717) is 5.92 Å². The van der Waals surface area contributed by atoms with Crippen LogP contribution in [0.2, 0.25) is 5.28 Å². The number of rotatable bonds is 6. The first kappa shape index (κ1) is 17.9. The summed E-state index contributed by atoms with van der Waals surface area (Å²) in [7, 11) is 0. The second-order valence-corrected chi connectivity index (χ2v) is 8.54. The molecule has 23 heavy (non-hydrogen) atoms. The predicted molar refractivity (Wildman–Crippen MR) is 98.5 cm³/mol. The van der Waals surface area contributed by atoms with Gasteiger partial charge in [0.05, 0.1) is 11.5 Å². The minimum atomic E-state index is -1.86. The maximum atomic E-state index is 6.42. The van der Waals surface area contributed by atoms with Crippen LogP contribution >= 0.6 is 0 Å². The summed E-state index contributed by atoms with van der Waals surface area (Å²) in [5.41, 5.74) is 4.71. The third-order valence-corrected chi connectivity index (χ3v) is 6.30. The van der Waals surface area contributed by atoms with Crippen molar-refractivity contribution in [3.63, 3.8) is 0 Å². The summed E-state index contributed by atoms with van der Waals surface area (Å²) >= 11 is -1.86. The molecule has 0 unspecified atom stereocenters. The van der Waals surface area contributed by atoms with Crippen molar-refractivity contribution in [2.24, 2.45) is 5.92 Å². The van der Waals surface area contributed by atoms with Crippen LogP contribution in [-0.2, 0) is 0 Å². The maximum Gasteiger partial charge on any atom is 0.857 e. The van der Waals surface area contributed by atoms with Gasteiger partial charge < -0.3 is 7.58 Å². The molecule has 0 saturated heterocycles. The van der Waals surface area contributed by atoms with Gasteiger partial charge in [-0.25, -0.2) is 0 Å². The van der Waals surface area contributed by atoms with E-state index in [1.54, 1.807) is 0 Å². The first-order chi connectivity index (χ1) is 10.9. The molecule has 2 aromatic rings. The molecule has 2 nitrogen and oxygen atoms in total. The average Bonchev–Trinajstić information content (AvgIpc) is 2.46. The predicted octanol–water partition coefficient (Wildman–Crippen LogP) is 5.52. The fourth-order valence-electron chi connectivity index (χ4n) is 2.74. The van der Waals surface area contributed by atoms with Crippen molar-refractivity contribution < 1.29 is 7.58 Å². The van der Waals surface area contributed by atoms with Crippen LogP contribution in [0.5, 0.6) is 11.5 Å². The molecule has 0 aliphatic rings. The van der Waals surface area contributed by atoms with E-state index in [1.165, 1.54) is 22.3 Å². The van der Waals surface area contributed by atoms with Gasteiger partial charge in [0.1, 0.15) is 0 Å². The van der Waals surface area contributed by atoms with Crippen molar-refractivity contribution in [2.45, 2.75) is 46.8 Å². The molecule has 0 heterocycles. The monoisotopic (exact) mass is 326 g/mol. The Morgan fingerprint density at radius 2 is 1.09 bits per heavy atom. The van der Waals surface area contributed by atoms with Crippen molar-refractivity contribution in [1.29, 1.82) is 0 Å². The summed E-state index contributed by atoms with van der Waals surface area (Å²) in [4.78, 5) is 0. The minimum Gasteiger partial charge on any atom is -0.611 e. The summed E-state index contributed by atoms with van der Waals surface area (Å²) in [6.07, 6.45) is 0. The van der Waals surface area contributed by atoms with E-state index in [1.807, 2.05) is 0 Å². The van der Waals surface area contributed by atoms with Gasteiger partial charge in [-0.05, 0) is 55.2 Å². The fraction of sp³-hybridized carbons (Fsp3) is 0.400. The third kappa shape index (κ3) is 4.77. The van der Waals surface area contributed by atoms with E-state index in [9.17, 15) is 0 Å². The van der Waals surface area contributed by atoms with E-state index in [-0.39, 0.29) is 0 Å². The lowest BCUT2D eigenvalue weighted by Crippen LogP contribution is -2.32. The number of aryl methyl sites for hydroxylation is 4. The molecule has 3 heteroatoms. The van der Waals surface area contributed by atoms with Crippen molar-refractivity contribution in [3.8, 4) is 11.5 Å². The van der Waals surface area contributed by atoms with Gasteiger partial charge in [-0.1, -0.05) is 56.2 Å². The fourth-order valence-corrected chi connectivity index (χ4v) is 5.02. The molecule has 0 amide bonds. The standard InChI is InChI=1S/2C8H10O.C4H9.Al/c2*1-6-4-3-5-7(2)8(6)9;1-4(2)3;/h2*3-5,9H,1-2H3;4H,1H2,2-3H3;/q;;;+2/p-2. The Bertz CT molecular complexity index is 571. The lowest BCUT2D eigenvalue weighted by molar-refractivity contribution is 0.403. The lowest BCUT2D eigenvalue weighted by atomic mass is 10.1. The first-order valence-electron chi connectivity index (χ1n) is 8.34. The van der Waals surface area contributed by atoms with Gasteiger partial charge in [-0.15, -0.1) is 0 Å². The molecule has 2 aromatic carbocycles. The van der Waals surface area contributed by atoms with Crippen LogP contribution in [0.25, 0.3) is 0 Å².